The minimum atomic E-state index is -4.40. The van der Waals surface area contributed by atoms with E-state index in [0.29, 0.717) is 6.42 Å². The van der Waals surface area contributed by atoms with Gasteiger partial charge in [-0.05, 0) is 26.7 Å². The maximum absolute atomic E-state index is 12.6. The first-order chi connectivity index (χ1) is 6.64. The SMILES string of the molecule is CCC(N)C(OC(C)(C)CC)C(F)(F)F. The van der Waals surface area contributed by atoms with Crippen LogP contribution in [0.1, 0.15) is 40.5 Å². The van der Waals surface area contributed by atoms with E-state index in [9.17, 15) is 13.2 Å². The van der Waals surface area contributed by atoms with Gasteiger partial charge in [0.25, 0.3) is 0 Å². The van der Waals surface area contributed by atoms with Crippen LogP contribution in [-0.2, 0) is 4.74 Å². The van der Waals surface area contributed by atoms with Crippen molar-refractivity contribution in [2.45, 2.75) is 64.5 Å². The molecular formula is C10H20F3NO. The van der Waals surface area contributed by atoms with Gasteiger partial charge in [0, 0.05) is 6.04 Å². The van der Waals surface area contributed by atoms with Crippen LogP contribution in [-0.4, -0.2) is 23.9 Å². The molecule has 15 heavy (non-hydrogen) atoms. The molecule has 0 radical (unpaired) electrons. The Balaban J connectivity index is 4.67. The molecule has 0 aliphatic heterocycles. The number of alkyl halides is 3. The van der Waals surface area contributed by atoms with Gasteiger partial charge in [-0.3, -0.25) is 0 Å². The Morgan fingerprint density at radius 1 is 1.20 bits per heavy atom. The number of rotatable bonds is 5. The first-order valence-corrected chi connectivity index (χ1v) is 5.14. The summed E-state index contributed by atoms with van der Waals surface area (Å²) in [7, 11) is 0. The third-order valence-corrected chi connectivity index (χ3v) is 2.48. The first kappa shape index (κ1) is 14.7. The Morgan fingerprint density at radius 2 is 1.67 bits per heavy atom. The van der Waals surface area contributed by atoms with Gasteiger partial charge in [0.05, 0.1) is 5.60 Å². The second-order valence-corrected chi connectivity index (χ2v) is 4.27. The molecule has 0 saturated carbocycles. The highest BCUT2D eigenvalue weighted by Crippen LogP contribution is 2.30. The lowest BCUT2D eigenvalue weighted by Gasteiger charge is -2.34. The smallest absolute Gasteiger partial charge is 0.361 e. The van der Waals surface area contributed by atoms with Gasteiger partial charge < -0.3 is 10.5 Å². The Labute approximate surface area is 89.0 Å². The van der Waals surface area contributed by atoms with Crippen LogP contribution in [0, 0.1) is 0 Å². The molecule has 0 bridgehead atoms. The summed E-state index contributed by atoms with van der Waals surface area (Å²) in [5, 5.41) is 0. The topological polar surface area (TPSA) is 35.2 Å². The molecule has 0 rings (SSSR count). The molecule has 0 aromatic heterocycles. The molecule has 2 nitrogen and oxygen atoms in total. The summed E-state index contributed by atoms with van der Waals surface area (Å²) in [4.78, 5) is 0. The molecule has 0 fully saturated rings. The molecule has 0 aromatic rings. The second-order valence-electron chi connectivity index (χ2n) is 4.27. The van der Waals surface area contributed by atoms with Crippen LogP contribution in [0.4, 0.5) is 13.2 Å². The molecule has 2 N–H and O–H groups in total. The number of nitrogens with two attached hydrogens (primary N) is 1. The Bertz CT molecular complexity index is 192. The van der Waals surface area contributed by atoms with Gasteiger partial charge in [-0.25, -0.2) is 0 Å². The largest absolute Gasteiger partial charge is 0.416 e. The molecule has 92 valence electrons. The van der Waals surface area contributed by atoms with Crippen LogP contribution in [0.25, 0.3) is 0 Å². The molecule has 0 heterocycles. The summed E-state index contributed by atoms with van der Waals surface area (Å²) in [5.74, 6) is 0. The normalized spacial score (nSPS) is 17.6. The molecule has 5 heteroatoms. The molecule has 0 aliphatic carbocycles. The molecular weight excluding hydrogens is 207 g/mol. The molecule has 0 amide bonds. The number of hydrogen-bond donors (Lipinski definition) is 1. The Morgan fingerprint density at radius 3 is 1.93 bits per heavy atom. The van der Waals surface area contributed by atoms with Crippen LogP contribution >= 0.6 is 0 Å². The van der Waals surface area contributed by atoms with E-state index in [1.54, 1.807) is 27.7 Å². The van der Waals surface area contributed by atoms with E-state index in [-0.39, 0.29) is 6.42 Å². The van der Waals surface area contributed by atoms with Gasteiger partial charge in [-0.1, -0.05) is 13.8 Å². The lowest BCUT2D eigenvalue weighted by molar-refractivity contribution is -0.254. The van der Waals surface area contributed by atoms with Crippen LogP contribution in [0.2, 0.25) is 0 Å². The third-order valence-electron chi connectivity index (χ3n) is 2.48. The van der Waals surface area contributed by atoms with Crippen molar-refractivity contribution in [2.24, 2.45) is 5.73 Å². The fraction of sp³-hybridized carbons (Fsp3) is 1.00. The standard InChI is InChI=1S/C10H20F3NO/c1-5-7(14)8(10(11,12)13)15-9(3,4)6-2/h7-8H,5-6,14H2,1-4H3. The predicted molar refractivity (Wildman–Crippen MR) is 53.6 cm³/mol. The summed E-state index contributed by atoms with van der Waals surface area (Å²) in [6.45, 7) is 6.67. The van der Waals surface area contributed by atoms with E-state index in [1.165, 1.54) is 0 Å². The van der Waals surface area contributed by atoms with Crippen LogP contribution < -0.4 is 5.73 Å². The molecule has 0 aliphatic rings. The van der Waals surface area contributed by atoms with Crippen LogP contribution in [0.15, 0.2) is 0 Å². The first-order valence-electron chi connectivity index (χ1n) is 5.14. The van der Waals surface area contributed by atoms with Crippen molar-refractivity contribution in [3.8, 4) is 0 Å². The fourth-order valence-corrected chi connectivity index (χ4v) is 1.04. The number of halogens is 3. The van der Waals surface area contributed by atoms with Crippen molar-refractivity contribution in [3.05, 3.63) is 0 Å². The minimum Gasteiger partial charge on any atom is -0.361 e. The van der Waals surface area contributed by atoms with Gasteiger partial charge in [0.1, 0.15) is 0 Å². The monoisotopic (exact) mass is 227 g/mol. The molecule has 0 aromatic carbocycles. The molecule has 2 unspecified atom stereocenters. The van der Waals surface area contributed by atoms with Crippen molar-refractivity contribution in [1.82, 2.24) is 0 Å². The minimum absolute atomic E-state index is 0.240. The van der Waals surface area contributed by atoms with E-state index in [1.807, 2.05) is 0 Å². The van der Waals surface area contributed by atoms with Crippen molar-refractivity contribution >= 4 is 0 Å². The van der Waals surface area contributed by atoms with Crippen molar-refractivity contribution in [2.75, 3.05) is 0 Å². The van der Waals surface area contributed by atoms with Crippen molar-refractivity contribution in [3.63, 3.8) is 0 Å². The fourth-order valence-electron chi connectivity index (χ4n) is 1.04. The summed E-state index contributed by atoms with van der Waals surface area (Å²) in [6, 6.07) is -1.00. The van der Waals surface area contributed by atoms with E-state index in [2.05, 4.69) is 0 Å². The summed E-state index contributed by atoms with van der Waals surface area (Å²) in [5.41, 5.74) is 4.62. The maximum Gasteiger partial charge on any atom is 0.416 e. The van der Waals surface area contributed by atoms with E-state index in [4.69, 9.17) is 10.5 Å². The Kier molecular flexibility index (Phi) is 5.06. The highest BCUT2D eigenvalue weighted by molar-refractivity contribution is 4.82. The average Bonchev–Trinajstić information content (AvgIpc) is 2.11. The van der Waals surface area contributed by atoms with Crippen LogP contribution in [0.3, 0.4) is 0 Å². The lowest BCUT2D eigenvalue weighted by atomic mass is 10.0. The zero-order valence-corrected chi connectivity index (χ0v) is 9.69. The zero-order chi connectivity index (χ0) is 12.3. The highest BCUT2D eigenvalue weighted by Gasteiger charge is 2.46. The van der Waals surface area contributed by atoms with Gasteiger partial charge in [-0.2, -0.15) is 13.2 Å². The summed E-state index contributed by atoms with van der Waals surface area (Å²) >= 11 is 0. The van der Waals surface area contributed by atoms with Gasteiger partial charge in [-0.15, -0.1) is 0 Å². The van der Waals surface area contributed by atoms with Crippen LogP contribution in [0.5, 0.6) is 0 Å². The van der Waals surface area contributed by atoms with Gasteiger partial charge >= 0.3 is 6.18 Å². The average molecular weight is 227 g/mol. The van der Waals surface area contributed by atoms with Crippen molar-refractivity contribution in [1.29, 1.82) is 0 Å². The summed E-state index contributed by atoms with van der Waals surface area (Å²) in [6.07, 6.45) is -5.53. The quantitative estimate of drug-likeness (QED) is 0.783. The van der Waals surface area contributed by atoms with Gasteiger partial charge in [0.2, 0.25) is 0 Å². The van der Waals surface area contributed by atoms with Crippen molar-refractivity contribution < 1.29 is 17.9 Å². The molecule has 2 atom stereocenters. The molecule has 0 saturated heterocycles. The van der Waals surface area contributed by atoms with Gasteiger partial charge in [0.15, 0.2) is 6.10 Å². The zero-order valence-electron chi connectivity index (χ0n) is 9.69. The number of ether oxygens (including phenoxy) is 1. The lowest BCUT2D eigenvalue weighted by Crippen LogP contribution is -2.50. The number of hydrogen-bond acceptors (Lipinski definition) is 2. The highest BCUT2D eigenvalue weighted by atomic mass is 19.4. The maximum atomic E-state index is 12.6. The molecule has 0 spiro atoms. The third kappa shape index (κ3) is 4.84. The Hall–Kier alpha value is -0.290. The predicted octanol–water partition coefficient (Wildman–Crippen LogP) is 2.86. The van der Waals surface area contributed by atoms with E-state index < -0.39 is 23.9 Å². The second kappa shape index (κ2) is 5.16. The summed E-state index contributed by atoms with van der Waals surface area (Å²) < 4.78 is 42.9. The van der Waals surface area contributed by atoms with E-state index >= 15 is 0 Å². The van der Waals surface area contributed by atoms with E-state index in [0.717, 1.165) is 0 Å².